The first-order valence-electron chi connectivity index (χ1n) is 7.07. The van der Waals surface area contributed by atoms with E-state index in [2.05, 4.69) is 10.3 Å². The fraction of sp³-hybridized carbons (Fsp3) is 0.533. The quantitative estimate of drug-likeness (QED) is 0.677. The highest BCUT2D eigenvalue weighted by Crippen LogP contribution is 2.65. The predicted molar refractivity (Wildman–Crippen MR) is 82.0 cm³/mol. The van der Waals surface area contributed by atoms with E-state index in [1.807, 2.05) is 0 Å². The van der Waals surface area contributed by atoms with Crippen LogP contribution in [0, 0.1) is 18.3 Å². The molecule has 3 rings (SSSR count). The minimum absolute atomic E-state index is 0.00259. The molecule has 0 radical (unpaired) electrons. The molecule has 2 aliphatic carbocycles. The standard InChI is InChI=1S/C15H16Cl2N2O3/c1-7-9(3-11(16)19-12(7)17)13(20)18-8-4-15(5-8)6-10(15)14(21)22-2/h3,8,10H,4-6H2,1-2H3,(H,18,20)/t8?,10-,15?/m0/s1. The fourth-order valence-corrected chi connectivity index (χ4v) is 3.78. The number of halogens is 2. The van der Waals surface area contributed by atoms with E-state index in [1.165, 1.54) is 13.2 Å². The second-order valence-corrected chi connectivity index (χ2v) is 6.87. The van der Waals surface area contributed by atoms with Crippen molar-refractivity contribution >= 4 is 35.1 Å². The highest BCUT2D eigenvalue weighted by molar-refractivity contribution is 6.33. The lowest BCUT2D eigenvalue weighted by Crippen LogP contribution is -2.46. The lowest BCUT2D eigenvalue weighted by atomic mass is 9.75. The highest BCUT2D eigenvalue weighted by atomic mass is 35.5. The second-order valence-electron chi connectivity index (χ2n) is 6.13. The van der Waals surface area contributed by atoms with E-state index >= 15 is 0 Å². The van der Waals surface area contributed by atoms with Gasteiger partial charge in [-0.15, -0.1) is 0 Å². The van der Waals surface area contributed by atoms with Gasteiger partial charge in [0.05, 0.1) is 13.0 Å². The topological polar surface area (TPSA) is 68.3 Å². The minimum atomic E-state index is -0.209. The van der Waals surface area contributed by atoms with Gasteiger partial charge < -0.3 is 10.1 Å². The number of nitrogens with zero attached hydrogens (tertiary/aromatic N) is 1. The maximum Gasteiger partial charge on any atom is 0.309 e. The zero-order chi connectivity index (χ0) is 16.1. The highest BCUT2D eigenvalue weighted by Gasteiger charge is 2.65. The van der Waals surface area contributed by atoms with Crippen molar-refractivity contribution in [2.45, 2.75) is 32.2 Å². The van der Waals surface area contributed by atoms with Gasteiger partial charge in [-0.3, -0.25) is 9.59 Å². The molecule has 0 bridgehead atoms. The largest absolute Gasteiger partial charge is 0.469 e. The third-order valence-electron chi connectivity index (χ3n) is 4.74. The average Bonchev–Trinajstić information content (AvgIpc) is 3.17. The van der Waals surface area contributed by atoms with Crippen molar-refractivity contribution in [3.8, 4) is 0 Å². The Hall–Kier alpha value is -1.33. The Morgan fingerprint density at radius 1 is 1.36 bits per heavy atom. The molecule has 1 aromatic rings. The number of amides is 1. The van der Waals surface area contributed by atoms with Crippen molar-refractivity contribution in [1.82, 2.24) is 10.3 Å². The number of methoxy groups -OCH3 is 1. The Labute approximate surface area is 138 Å². The molecule has 118 valence electrons. The van der Waals surface area contributed by atoms with E-state index in [9.17, 15) is 9.59 Å². The van der Waals surface area contributed by atoms with E-state index in [-0.39, 0.29) is 39.6 Å². The van der Waals surface area contributed by atoms with Gasteiger partial charge in [0.2, 0.25) is 0 Å². The Bertz CT molecular complexity index is 656. The Morgan fingerprint density at radius 2 is 2.05 bits per heavy atom. The number of carbonyl (C=O) groups is 2. The predicted octanol–water partition coefficient (Wildman–Crippen LogP) is 2.77. The number of nitrogens with one attached hydrogen (secondary N) is 1. The summed E-state index contributed by atoms with van der Waals surface area (Å²) in [4.78, 5) is 27.7. The summed E-state index contributed by atoms with van der Waals surface area (Å²) in [6.45, 7) is 1.73. The van der Waals surface area contributed by atoms with Gasteiger partial charge in [0.1, 0.15) is 10.3 Å². The van der Waals surface area contributed by atoms with E-state index in [4.69, 9.17) is 27.9 Å². The van der Waals surface area contributed by atoms with Crippen molar-refractivity contribution < 1.29 is 14.3 Å². The molecule has 0 aromatic carbocycles. The van der Waals surface area contributed by atoms with Crippen LogP contribution in [0.3, 0.4) is 0 Å². The summed E-state index contributed by atoms with van der Waals surface area (Å²) < 4.78 is 4.77. The summed E-state index contributed by atoms with van der Waals surface area (Å²) in [7, 11) is 1.41. The lowest BCUT2D eigenvalue weighted by Gasteiger charge is -2.37. The van der Waals surface area contributed by atoms with E-state index in [1.54, 1.807) is 6.92 Å². The Balaban J connectivity index is 1.60. The fourth-order valence-electron chi connectivity index (χ4n) is 3.35. The van der Waals surface area contributed by atoms with Crippen LogP contribution in [0.15, 0.2) is 6.07 Å². The molecule has 2 saturated carbocycles. The number of rotatable bonds is 3. The first-order valence-corrected chi connectivity index (χ1v) is 7.83. The number of ether oxygens (including phenoxy) is 1. The van der Waals surface area contributed by atoms with Gasteiger partial charge in [0, 0.05) is 11.6 Å². The minimum Gasteiger partial charge on any atom is -0.469 e. The average molecular weight is 343 g/mol. The zero-order valence-corrected chi connectivity index (χ0v) is 13.8. The maximum absolute atomic E-state index is 12.3. The molecule has 1 N–H and O–H groups in total. The van der Waals surface area contributed by atoms with Gasteiger partial charge in [0.15, 0.2) is 0 Å². The van der Waals surface area contributed by atoms with Gasteiger partial charge in [-0.2, -0.15) is 0 Å². The molecule has 0 saturated heterocycles. The van der Waals surface area contributed by atoms with Crippen LogP contribution in [0.2, 0.25) is 10.3 Å². The van der Waals surface area contributed by atoms with Crippen LogP contribution < -0.4 is 5.32 Å². The zero-order valence-electron chi connectivity index (χ0n) is 12.3. The summed E-state index contributed by atoms with van der Waals surface area (Å²) in [5, 5.41) is 3.39. The van der Waals surface area contributed by atoms with Gasteiger partial charge >= 0.3 is 5.97 Å². The molecular weight excluding hydrogens is 327 g/mol. The van der Waals surface area contributed by atoms with Crippen molar-refractivity contribution in [2.75, 3.05) is 7.11 Å². The van der Waals surface area contributed by atoms with Gasteiger partial charge in [-0.1, -0.05) is 23.2 Å². The van der Waals surface area contributed by atoms with E-state index < -0.39 is 0 Å². The van der Waals surface area contributed by atoms with E-state index in [0.29, 0.717) is 11.1 Å². The smallest absolute Gasteiger partial charge is 0.309 e. The van der Waals surface area contributed by atoms with Crippen molar-refractivity contribution in [3.63, 3.8) is 0 Å². The third kappa shape index (κ3) is 2.57. The van der Waals surface area contributed by atoms with Gasteiger partial charge in [-0.25, -0.2) is 4.98 Å². The molecule has 2 fully saturated rings. The molecule has 2 aliphatic rings. The SMILES string of the molecule is COC(=O)[C@@H]1CC12CC(NC(=O)c1cc(Cl)nc(Cl)c1C)C2. The van der Waals surface area contributed by atoms with Crippen LogP contribution in [0.4, 0.5) is 0 Å². The third-order valence-corrected chi connectivity index (χ3v) is 5.30. The second kappa shape index (κ2) is 5.39. The van der Waals surface area contributed by atoms with Crippen molar-refractivity contribution in [3.05, 3.63) is 27.5 Å². The molecule has 1 heterocycles. The van der Waals surface area contributed by atoms with Crippen molar-refractivity contribution in [1.29, 1.82) is 0 Å². The van der Waals surface area contributed by atoms with E-state index in [0.717, 1.165) is 19.3 Å². The van der Waals surface area contributed by atoms with Crippen LogP contribution in [-0.4, -0.2) is 30.0 Å². The molecule has 22 heavy (non-hydrogen) atoms. The number of carbonyl (C=O) groups excluding carboxylic acids is 2. The molecule has 5 nitrogen and oxygen atoms in total. The number of aromatic nitrogens is 1. The van der Waals surface area contributed by atoms with Crippen LogP contribution in [0.1, 0.15) is 35.2 Å². The normalized spacial score (nSPS) is 28.9. The summed E-state index contributed by atoms with van der Waals surface area (Å²) in [5.74, 6) is -0.357. The van der Waals surface area contributed by atoms with Gasteiger partial charge in [-0.05, 0) is 43.2 Å². The summed E-state index contributed by atoms with van der Waals surface area (Å²) in [6.07, 6.45) is 2.48. The molecule has 1 aromatic heterocycles. The molecule has 1 spiro atoms. The number of pyridine rings is 1. The molecule has 0 aliphatic heterocycles. The van der Waals surface area contributed by atoms with Crippen LogP contribution in [0.5, 0.6) is 0 Å². The summed E-state index contributed by atoms with van der Waals surface area (Å²) in [6, 6.07) is 1.59. The van der Waals surface area contributed by atoms with Crippen LogP contribution in [0.25, 0.3) is 0 Å². The number of hydrogen-bond donors (Lipinski definition) is 1. The molecule has 1 amide bonds. The van der Waals surface area contributed by atoms with Gasteiger partial charge in [0.25, 0.3) is 5.91 Å². The Kier molecular flexibility index (Phi) is 3.81. The monoisotopic (exact) mass is 342 g/mol. The molecular formula is C15H16Cl2N2O3. The number of esters is 1. The van der Waals surface area contributed by atoms with Crippen molar-refractivity contribution in [2.24, 2.45) is 11.3 Å². The summed E-state index contributed by atoms with van der Waals surface area (Å²) in [5.41, 5.74) is 1.09. The lowest BCUT2D eigenvalue weighted by molar-refractivity contribution is -0.143. The Morgan fingerprint density at radius 3 is 2.68 bits per heavy atom. The molecule has 1 atom stereocenters. The number of hydrogen-bond acceptors (Lipinski definition) is 4. The molecule has 7 heteroatoms. The first kappa shape index (κ1) is 15.6. The first-order chi connectivity index (χ1) is 10.4. The molecule has 0 unspecified atom stereocenters. The maximum atomic E-state index is 12.3. The van der Waals surface area contributed by atoms with Crippen LogP contribution in [-0.2, 0) is 9.53 Å². The summed E-state index contributed by atoms with van der Waals surface area (Å²) >= 11 is 11.8. The van der Waals surface area contributed by atoms with Crippen LogP contribution >= 0.6 is 23.2 Å².